The van der Waals surface area contributed by atoms with Gasteiger partial charge in [0, 0.05) is 20.6 Å². The topological polar surface area (TPSA) is 46.2 Å². The summed E-state index contributed by atoms with van der Waals surface area (Å²) in [6.07, 6.45) is 0. The molecule has 5 heteroatoms. The minimum Gasteiger partial charge on any atom is -0.325 e. The maximum atomic E-state index is 12.3. The highest BCUT2D eigenvalue weighted by Gasteiger charge is 2.16. The Balaban J connectivity index is 2.04. The average Bonchev–Trinajstić information content (AvgIpc) is 2.49. The van der Waals surface area contributed by atoms with Crippen LogP contribution in [-0.2, 0) is 4.79 Å². The highest BCUT2D eigenvalue weighted by atomic mass is 79.9. The van der Waals surface area contributed by atoms with Gasteiger partial charge in [-0.15, -0.1) is 11.8 Å². The zero-order valence-electron chi connectivity index (χ0n) is 12.3. The van der Waals surface area contributed by atoms with Crippen molar-refractivity contribution in [3.8, 4) is 0 Å². The second kappa shape index (κ2) is 7.61. The van der Waals surface area contributed by atoms with E-state index in [1.165, 1.54) is 18.7 Å². The third kappa shape index (κ3) is 4.45. The van der Waals surface area contributed by atoms with Gasteiger partial charge in [0.2, 0.25) is 5.91 Å². The number of thioether (sulfide) groups is 1. The van der Waals surface area contributed by atoms with Gasteiger partial charge in [0.25, 0.3) is 0 Å². The van der Waals surface area contributed by atoms with Gasteiger partial charge in [0.05, 0.1) is 5.25 Å². The minimum atomic E-state index is -0.250. The molecule has 0 aliphatic carbocycles. The molecule has 1 atom stereocenters. The second-order valence-electron chi connectivity index (χ2n) is 4.82. The minimum absolute atomic E-state index is 0.0215. The van der Waals surface area contributed by atoms with Gasteiger partial charge in [0.1, 0.15) is 0 Å². The third-order valence-electron chi connectivity index (χ3n) is 3.05. The molecule has 0 saturated carbocycles. The van der Waals surface area contributed by atoms with Crippen molar-refractivity contribution >= 4 is 45.1 Å². The van der Waals surface area contributed by atoms with E-state index in [0.717, 1.165) is 9.37 Å². The number of halogens is 1. The van der Waals surface area contributed by atoms with E-state index in [9.17, 15) is 9.59 Å². The Morgan fingerprint density at radius 1 is 1.14 bits per heavy atom. The van der Waals surface area contributed by atoms with E-state index in [0.29, 0.717) is 11.3 Å². The Morgan fingerprint density at radius 2 is 1.86 bits per heavy atom. The lowest BCUT2D eigenvalue weighted by atomic mass is 10.1. The number of benzene rings is 2. The van der Waals surface area contributed by atoms with Crippen LogP contribution >= 0.6 is 27.7 Å². The first-order chi connectivity index (χ1) is 10.5. The first-order valence-electron chi connectivity index (χ1n) is 6.80. The second-order valence-corrected chi connectivity index (χ2v) is 7.05. The SMILES string of the molecule is CC(=O)c1cccc(NC(=O)C(C)Sc2ccccc2Br)c1. The molecule has 2 aromatic rings. The molecule has 114 valence electrons. The molecular formula is C17H16BrNO2S. The van der Waals surface area contributed by atoms with Crippen molar-refractivity contribution in [3.63, 3.8) is 0 Å². The van der Waals surface area contributed by atoms with Gasteiger partial charge in [-0.3, -0.25) is 9.59 Å². The number of carbonyl (C=O) groups is 2. The van der Waals surface area contributed by atoms with E-state index >= 15 is 0 Å². The lowest BCUT2D eigenvalue weighted by molar-refractivity contribution is -0.115. The van der Waals surface area contributed by atoms with Crippen molar-refractivity contribution in [2.75, 3.05) is 5.32 Å². The van der Waals surface area contributed by atoms with Crippen molar-refractivity contribution in [2.24, 2.45) is 0 Å². The standard InChI is InChI=1S/C17H16BrNO2S/c1-11(20)13-6-5-7-14(10-13)19-17(21)12(2)22-16-9-4-3-8-15(16)18/h3-10,12H,1-2H3,(H,19,21). The van der Waals surface area contributed by atoms with Crippen molar-refractivity contribution in [3.05, 3.63) is 58.6 Å². The molecule has 0 heterocycles. The normalized spacial score (nSPS) is 11.8. The van der Waals surface area contributed by atoms with E-state index in [1.807, 2.05) is 31.2 Å². The monoisotopic (exact) mass is 377 g/mol. The van der Waals surface area contributed by atoms with Crippen molar-refractivity contribution in [1.29, 1.82) is 0 Å². The van der Waals surface area contributed by atoms with Gasteiger partial charge in [-0.2, -0.15) is 0 Å². The van der Waals surface area contributed by atoms with Gasteiger partial charge in [0.15, 0.2) is 5.78 Å². The maximum Gasteiger partial charge on any atom is 0.237 e. The molecule has 0 aliphatic rings. The molecule has 3 nitrogen and oxygen atoms in total. The van der Waals surface area contributed by atoms with E-state index < -0.39 is 0 Å². The smallest absolute Gasteiger partial charge is 0.237 e. The van der Waals surface area contributed by atoms with Crippen LogP contribution in [0.5, 0.6) is 0 Å². The maximum absolute atomic E-state index is 12.3. The summed E-state index contributed by atoms with van der Waals surface area (Å²) in [7, 11) is 0. The average molecular weight is 378 g/mol. The molecule has 0 aliphatic heterocycles. The summed E-state index contributed by atoms with van der Waals surface area (Å²) < 4.78 is 0.971. The number of nitrogens with one attached hydrogen (secondary N) is 1. The highest BCUT2D eigenvalue weighted by Crippen LogP contribution is 2.30. The molecule has 0 aromatic heterocycles. The number of hydrogen-bond donors (Lipinski definition) is 1. The van der Waals surface area contributed by atoms with Crippen LogP contribution in [0.15, 0.2) is 57.9 Å². The van der Waals surface area contributed by atoms with Crippen LogP contribution in [0.2, 0.25) is 0 Å². The number of Topliss-reactive ketones (excluding diaryl/α,β-unsaturated/α-hetero) is 1. The summed E-state index contributed by atoms with van der Waals surface area (Å²) in [5.41, 5.74) is 1.22. The fraction of sp³-hybridized carbons (Fsp3) is 0.176. The van der Waals surface area contributed by atoms with E-state index in [2.05, 4.69) is 21.2 Å². The molecule has 0 bridgehead atoms. The molecule has 1 amide bonds. The van der Waals surface area contributed by atoms with Gasteiger partial charge in [-0.1, -0.05) is 24.3 Å². The summed E-state index contributed by atoms with van der Waals surface area (Å²) in [6.45, 7) is 3.36. The molecule has 2 rings (SSSR count). The first-order valence-corrected chi connectivity index (χ1v) is 8.47. The first kappa shape index (κ1) is 16.8. The van der Waals surface area contributed by atoms with Gasteiger partial charge in [-0.25, -0.2) is 0 Å². The van der Waals surface area contributed by atoms with Crippen LogP contribution in [-0.4, -0.2) is 16.9 Å². The van der Waals surface area contributed by atoms with Crippen LogP contribution in [0.3, 0.4) is 0 Å². The fourth-order valence-corrected chi connectivity index (χ4v) is 3.29. The number of carbonyl (C=O) groups excluding carboxylic acids is 2. The summed E-state index contributed by atoms with van der Waals surface area (Å²) in [5, 5.41) is 2.60. The fourth-order valence-electron chi connectivity index (χ4n) is 1.84. The Hall–Kier alpha value is -1.59. The molecule has 0 fully saturated rings. The van der Waals surface area contributed by atoms with Crippen LogP contribution < -0.4 is 5.32 Å². The van der Waals surface area contributed by atoms with Crippen LogP contribution in [0.25, 0.3) is 0 Å². The van der Waals surface area contributed by atoms with Crippen molar-refractivity contribution in [1.82, 2.24) is 0 Å². The Labute approximate surface area is 142 Å². The summed E-state index contributed by atoms with van der Waals surface area (Å²) in [4.78, 5) is 24.7. The third-order valence-corrected chi connectivity index (χ3v) is 5.18. The number of anilines is 1. The Bertz CT molecular complexity index is 703. The van der Waals surface area contributed by atoms with Crippen LogP contribution in [0, 0.1) is 0 Å². The van der Waals surface area contributed by atoms with Crippen LogP contribution in [0.4, 0.5) is 5.69 Å². The van der Waals surface area contributed by atoms with Gasteiger partial charge in [-0.05, 0) is 54.0 Å². The Morgan fingerprint density at radius 3 is 2.55 bits per heavy atom. The zero-order valence-corrected chi connectivity index (χ0v) is 14.7. The number of rotatable bonds is 5. The predicted molar refractivity (Wildman–Crippen MR) is 94.5 cm³/mol. The largest absolute Gasteiger partial charge is 0.325 e. The number of amides is 1. The van der Waals surface area contributed by atoms with Crippen molar-refractivity contribution in [2.45, 2.75) is 24.0 Å². The van der Waals surface area contributed by atoms with Gasteiger partial charge >= 0.3 is 0 Å². The summed E-state index contributed by atoms with van der Waals surface area (Å²) >= 11 is 4.96. The highest BCUT2D eigenvalue weighted by molar-refractivity contribution is 9.10. The molecule has 22 heavy (non-hydrogen) atoms. The molecule has 2 aromatic carbocycles. The number of hydrogen-bond acceptors (Lipinski definition) is 3. The van der Waals surface area contributed by atoms with E-state index in [-0.39, 0.29) is 16.9 Å². The lowest BCUT2D eigenvalue weighted by Gasteiger charge is -2.13. The van der Waals surface area contributed by atoms with Gasteiger partial charge < -0.3 is 5.32 Å². The predicted octanol–water partition coefficient (Wildman–Crippen LogP) is 4.77. The van der Waals surface area contributed by atoms with E-state index in [1.54, 1.807) is 24.3 Å². The van der Waals surface area contributed by atoms with Crippen LogP contribution in [0.1, 0.15) is 24.2 Å². The molecule has 1 N–H and O–H groups in total. The molecule has 0 radical (unpaired) electrons. The van der Waals surface area contributed by atoms with Crippen molar-refractivity contribution < 1.29 is 9.59 Å². The molecule has 0 saturated heterocycles. The zero-order chi connectivity index (χ0) is 16.1. The van der Waals surface area contributed by atoms with E-state index in [4.69, 9.17) is 0 Å². The molecule has 1 unspecified atom stereocenters. The lowest BCUT2D eigenvalue weighted by Crippen LogP contribution is -2.22. The molecule has 0 spiro atoms. The number of ketones is 1. The molecular weight excluding hydrogens is 362 g/mol. The summed E-state index contributed by atoms with van der Waals surface area (Å²) in [5.74, 6) is -0.117. The quantitative estimate of drug-likeness (QED) is 0.602. The summed E-state index contributed by atoms with van der Waals surface area (Å²) in [6, 6.07) is 14.8. The Kier molecular flexibility index (Phi) is 5.80.